The first-order chi connectivity index (χ1) is 14.3. The summed E-state index contributed by atoms with van der Waals surface area (Å²) in [4.78, 5) is 3.41. The smallest absolute Gasteiger partial charge is 0.104 e. The van der Waals surface area contributed by atoms with E-state index in [2.05, 4.69) is 10.2 Å². The van der Waals surface area contributed by atoms with Gasteiger partial charge in [0.15, 0.2) is 0 Å². The summed E-state index contributed by atoms with van der Waals surface area (Å²) in [5.41, 5.74) is -0.0364. The Kier molecular flexibility index (Phi) is 6.45. The van der Waals surface area contributed by atoms with Gasteiger partial charge in [-0.05, 0) is 63.2 Å². The first-order valence-corrected chi connectivity index (χ1v) is 12.5. The Morgan fingerprint density at radius 1 is 1.00 bits per heavy atom. The van der Waals surface area contributed by atoms with E-state index in [1.54, 1.807) is 0 Å². The van der Waals surface area contributed by atoms with Crippen LogP contribution in [0.1, 0.15) is 64.2 Å². The van der Waals surface area contributed by atoms with E-state index in [1.807, 2.05) is 0 Å². The molecule has 4 aliphatic heterocycles. The highest BCUT2D eigenvalue weighted by molar-refractivity contribution is 7.80. The quantitative estimate of drug-likeness (QED) is 0.604. The number of piperidine rings is 1. The molecule has 2 aliphatic carbocycles. The SMILES string of the molecule is S=C1COC2CCCCC2C2CCC(CC2)OC[C@@H]2N1CCC[C@@]21COCCN1. The van der Waals surface area contributed by atoms with Crippen LogP contribution < -0.4 is 5.32 Å². The monoisotopic (exact) mass is 422 g/mol. The second kappa shape index (κ2) is 9.07. The summed E-state index contributed by atoms with van der Waals surface area (Å²) in [5, 5.41) is 3.82. The predicted molar refractivity (Wildman–Crippen MR) is 117 cm³/mol. The maximum absolute atomic E-state index is 6.59. The molecule has 0 radical (unpaired) electrons. The van der Waals surface area contributed by atoms with Crippen LogP contribution in [0.15, 0.2) is 0 Å². The molecular formula is C23H38N2O3S. The predicted octanol–water partition coefficient (Wildman–Crippen LogP) is 3.30. The Balaban J connectivity index is 1.39. The van der Waals surface area contributed by atoms with E-state index in [-0.39, 0.29) is 11.6 Å². The summed E-state index contributed by atoms with van der Waals surface area (Å²) in [7, 11) is 0. The van der Waals surface area contributed by atoms with Crippen molar-refractivity contribution in [3.63, 3.8) is 0 Å². The maximum Gasteiger partial charge on any atom is 0.104 e. The number of nitrogens with zero attached hydrogens (tertiary/aromatic N) is 1. The van der Waals surface area contributed by atoms with Crippen LogP contribution in [-0.4, -0.2) is 73.2 Å². The Labute approximate surface area is 181 Å². The fourth-order valence-electron chi connectivity index (χ4n) is 6.83. The molecule has 4 heterocycles. The Morgan fingerprint density at radius 2 is 1.86 bits per heavy atom. The minimum absolute atomic E-state index is 0.0364. The number of morpholine rings is 1. The van der Waals surface area contributed by atoms with Gasteiger partial charge in [0.1, 0.15) is 4.99 Å². The molecular weight excluding hydrogens is 384 g/mol. The normalized spacial score (nSPS) is 44.3. The zero-order valence-electron chi connectivity index (χ0n) is 17.8. The number of hydrogen-bond donors (Lipinski definition) is 1. The number of thiocarbonyl (C=S) groups is 1. The standard InChI is InChI=1S/C23H38N2O3S/c29-22-15-28-20-5-2-1-4-19(20)17-6-8-18(9-7-17)27-14-21-23(10-3-12-25(21)22)16-26-13-11-24-23/h17-21,24H,1-16H2/t17?,18?,19?,20?,21-,23+/m0/s1. The van der Waals surface area contributed by atoms with Gasteiger partial charge < -0.3 is 24.4 Å². The van der Waals surface area contributed by atoms with E-state index in [0.29, 0.717) is 18.8 Å². The van der Waals surface area contributed by atoms with Gasteiger partial charge in [-0.2, -0.15) is 0 Å². The molecule has 6 heteroatoms. The van der Waals surface area contributed by atoms with E-state index in [1.165, 1.54) is 51.4 Å². The molecule has 4 atom stereocenters. The highest BCUT2D eigenvalue weighted by atomic mass is 32.1. The van der Waals surface area contributed by atoms with Gasteiger partial charge in [0.2, 0.25) is 0 Å². The van der Waals surface area contributed by atoms with Crippen LogP contribution in [0, 0.1) is 11.8 Å². The van der Waals surface area contributed by atoms with Crippen LogP contribution in [0.3, 0.4) is 0 Å². The molecule has 6 aliphatic rings. The first-order valence-electron chi connectivity index (χ1n) is 12.1. The summed E-state index contributed by atoms with van der Waals surface area (Å²) < 4.78 is 19.1. The van der Waals surface area contributed by atoms with Crippen LogP contribution in [0.2, 0.25) is 0 Å². The van der Waals surface area contributed by atoms with Crippen molar-refractivity contribution in [2.75, 3.05) is 39.5 Å². The second-order valence-electron chi connectivity index (χ2n) is 10.0. The lowest BCUT2D eigenvalue weighted by atomic mass is 9.71. The molecule has 1 spiro atoms. The molecule has 2 saturated carbocycles. The number of fused-ring (bicyclic) bond motifs is 5. The molecule has 2 bridgehead atoms. The number of hydrogen-bond acceptors (Lipinski definition) is 5. The van der Waals surface area contributed by atoms with Crippen molar-refractivity contribution in [3.8, 4) is 0 Å². The molecule has 6 rings (SSSR count). The van der Waals surface area contributed by atoms with Gasteiger partial charge in [-0.15, -0.1) is 0 Å². The Morgan fingerprint density at radius 3 is 2.69 bits per heavy atom. The van der Waals surface area contributed by atoms with Gasteiger partial charge in [-0.3, -0.25) is 0 Å². The van der Waals surface area contributed by atoms with Crippen molar-refractivity contribution in [2.45, 2.75) is 88.0 Å². The zero-order valence-corrected chi connectivity index (χ0v) is 18.6. The summed E-state index contributed by atoms with van der Waals surface area (Å²) >= 11 is 5.96. The second-order valence-corrected chi connectivity index (χ2v) is 10.5. The molecule has 1 N–H and O–H groups in total. The third-order valence-corrected chi connectivity index (χ3v) is 8.78. The molecule has 29 heavy (non-hydrogen) atoms. The molecule has 2 unspecified atom stereocenters. The minimum Gasteiger partial charge on any atom is -0.378 e. The van der Waals surface area contributed by atoms with Crippen LogP contribution in [0.4, 0.5) is 0 Å². The van der Waals surface area contributed by atoms with Gasteiger partial charge >= 0.3 is 0 Å². The Bertz CT molecular complexity index is 569. The lowest BCUT2D eigenvalue weighted by Crippen LogP contribution is -2.70. The molecule has 5 nitrogen and oxygen atoms in total. The summed E-state index contributed by atoms with van der Waals surface area (Å²) in [5.74, 6) is 1.54. The molecule has 164 valence electrons. The molecule has 4 saturated heterocycles. The fraction of sp³-hybridized carbons (Fsp3) is 0.957. The van der Waals surface area contributed by atoms with Gasteiger partial charge in [0, 0.05) is 13.1 Å². The third-order valence-electron chi connectivity index (χ3n) is 8.43. The van der Waals surface area contributed by atoms with Crippen molar-refractivity contribution in [2.24, 2.45) is 11.8 Å². The van der Waals surface area contributed by atoms with Crippen molar-refractivity contribution in [1.29, 1.82) is 0 Å². The van der Waals surface area contributed by atoms with E-state index in [0.717, 1.165) is 62.6 Å². The lowest BCUT2D eigenvalue weighted by molar-refractivity contribution is -0.0760. The first kappa shape index (κ1) is 20.6. The highest BCUT2D eigenvalue weighted by Gasteiger charge is 2.47. The van der Waals surface area contributed by atoms with E-state index in [4.69, 9.17) is 26.4 Å². The van der Waals surface area contributed by atoms with Crippen molar-refractivity contribution < 1.29 is 14.2 Å². The zero-order chi connectivity index (χ0) is 19.7. The average molecular weight is 423 g/mol. The van der Waals surface area contributed by atoms with E-state index >= 15 is 0 Å². The molecule has 0 aromatic rings. The molecule has 0 aromatic heterocycles. The van der Waals surface area contributed by atoms with E-state index < -0.39 is 0 Å². The third kappa shape index (κ3) is 4.25. The van der Waals surface area contributed by atoms with Crippen molar-refractivity contribution in [1.82, 2.24) is 10.2 Å². The van der Waals surface area contributed by atoms with Crippen molar-refractivity contribution >= 4 is 17.2 Å². The average Bonchev–Trinajstić information content (AvgIpc) is 2.79. The number of nitrogens with one attached hydrogen (secondary N) is 1. The van der Waals surface area contributed by atoms with Gasteiger partial charge in [-0.25, -0.2) is 0 Å². The Hall–Kier alpha value is -0.270. The van der Waals surface area contributed by atoms with Crippen LogP contribution >= 0.6 is 12.2 Å². The molecule has 0 aromatic carbocycles. The summed E-state index contributed by atoms with van der Waals surface area (Å²) in [6, 6.07) is 0.244. The van der Waals surface area contributed by atoms with Crippen molar-refractivity contribution in [3.05, 3.63) is 0 Å². The topological polar surface area (TPSA) is 43.0 Å². The highest BCUT2D eigenvalue weighted by Crippen LogP contribution is 2.41. The maximum atomic E-state index is 6.59. The number of ether oxygens (including phenoxy) is 3. The number of rotatable bonds is 0. The minimum atomic E-state index is -0.0364. The fourth-order valence-corrected chi connectivity index (χ4v) is 7.12. The van der Waals surface area contributed by atoms with Gasteiger partial charge in [-0.1, -0.05) is 25.1 Å². The van der Waals surface area contributed by atoms with Gasteiger partial charge in [0.25, 0.3) is 0 Å². The largest absolute Gasteiger partial charge is 0.378 e. The van der Waals surface area contributed by atoms with E-state index in [9.17, 15) is 0 Å². The summed E-state index contributed by atoms with van der Waals surface area (Å²) in [6.45, 7) is 4.84. The molecule has 0 amide bonds. The lowest BCUT2D eigenvalue weighted by Gasteiger charge is -2.52. The van der Waals surface area contributed by atoms with Crippen LogP contribution in [0.25, 0.3) is 0 Å². The van der Waals surface area contributed by atoms with Gasteiger partial charge in [0.05, 0.1) is 50.2 Å². The molecule has 6 fully saturated rings. The van der Waals surface area contributed by atoms with Crippen LogP contribution in [-0.2, 0) is 14.2 Å². The van der Waals surface area contributed by atoms with Crippen LogP contribution in [0.5, 0.6) is 0 Å². The summed E-state index contributed by atoms with van der Waals surface area (Å²) in [6.07, 6.45) is 13.4.